The first-order valence-electron chi connectivity index (χ1n) is 48.4. The molecule has 0 saturated heterocycles. The summed E-state index contributed by atoms with van der Waals surface area (Å²) in [5.41, 5.74) is 33.8. The molecular weight excluding hydrogens is 1760 g/mol. The van der Waals surface area contributed by atoms with Crippen molar-refractivity contribution in [3.63, 3.8) is 0 Å². The van der Waals surface area contributed by atoms with Crippen molar-refractivity contribution in [2.24, 2.45) is 0 Å². The van der Waals surface area contributed by atoms with Crippen LogP contribution >= 0.6 is 22.7 Å². The number of hydrogen-bond donors (Lipinski definition) is 0. The van der Waals surface area contributed by atoms with E-state index in [0.29, 0.717) is 0 Å². The van der Waals surface area contributed by atoms with Gasteiger partial charge in [-0.2, -0.15) is 0 Å². The molecule has 0 fully saturated rings. The fraction of sp³-hybridized carbons (Fsp3) is 0. The number of hydrogen-bond acceptors (Lipinski definition) is 6. The van der Waals surface area contributed by atoms with Crippen LogP contribution in [0.3, 0.4) is 0 Å². The van der Waals surface area contributed by atoms with Crippen molar-refractivity contribution in [1.82, 2.24) is 0 Å². The molecule has 0 bridgehead atoms. The maximum atomic E-state index is 6.83. The Morgan fingerprint density at radius 3 is 1.01 bits per heavy atom. The van der Waals surface area contributed by atoms with Gasteiger partial charge < -0.3 is 18.6 Å². The third-order valence-electron chi connectivity index (χ3n) is 28.6. The molecule has 664 valence electrons. The summed E-state index contributed by atoms with van der Waals surface area (Å²) in [6.07, 6.45) is 0. The summed E-state index contributed by atoms with van der Waals surface area (Å²) in [4.78, 5) is 4.71. The zero-order chi connectivity index (χ0) is 93.7. The number of anilines is 6. The largest absolute Gasteiger partial charge is 0.455 e. The van der Waals surface area contributed by atoms with E-state index in [-0.39, 0.29) is 0 Å². The highest BCUT2D eigenvalue weighted by Gasteiger charge is 2.25. The second-order valence-corrected chi connectivity index (χ2v) is 38.9. The molecule has 0 aliphatic carbocycles. The predicted molar refractivity (Wildman–Crippen MR) is 607 cm³/mol. The number of fused-ring (bicyclic) bond motifs is 18. The maximum Gasteiger partial charge on any atom is 0.143 e. The minimum Gasteiger partial charge on any atom is -0.455 e. The molecule has 24 aromatic carbocycles. The zero-order valence-electron chi connectivity index (χ0n) is 77.2. The molecule has 0 aliphatic rings. The van der Waals surface area contributed by atoms with Crippen molar-refractivity contribution < 1.29 is 8.83 Å². The van der Waals surface area contributed by atoms with Crippen LogP contribution in [0.2, 0.25) is 0 Å². The van der Waals surface area contributed by atoms with Crippen molar-refractivity contribution in [3.8, 4) is 111 Å². The highest BCUT2D eigenvalue weighted by molar-refractivity contribution is 7.27. The topological polar surface area (TPSA) is 32.8 Å². The van der Waals surface area contributed by atoms with Crippen LogP contribution in [0.25, 0.3) is 239 Å². The molecule has 4 nitrogen and oxygen atoms in total. The number of nitrogens with zero attached hydrogens (tertiary/aromatic N) is 2. The summed E-state index contributed by atoms with van der Waals surface area (Å²) in [5.74, 6) is 0. The minimum absolute atomic E-state index is 0.905. The van der Waals surface area contributed by atoms with Crippen molar-refractivity contribution >= 4 is 184 Å². The third-order valence-corrected chi connectivity index (χ3v) is 31.0. The average Bonchev–Trinajstić information content (AvgIpc) is 1.60. The lowest BCUT2D eigenvalue weighted by atomic mass is 9.92. The van der Waals surface area contributed by atoms with Gasteiger partial charge in [-0.15, -0.1) is 22.7 Å². The lowest BCUT2D eigenvalue weighted by Crippen LogP contribution is -2.09. The molecule has 4 heterocycles. The molecule has 0 radical (unpaired) electrons. The fourth-order valence-corrected chi connectivity index (χ4v) is 24.1. The van der Waals surface area contributed by atoms with Crippen LogP contribution in [-0.4, -0.2) is 0 Å². The predicted octanol–water partition coefficient (Wildman–Crippen LogP) is 40.1. The SMILES string of the molecule is c1ccc(-c2ccc(N(c3ccc(-c4ccc(-c5c6ccccc6cc6c5oc5ccccc56)cc4)cc3)c3ccc(-c4ccc(-c5cccc6c5sc5ccc7ccccc7c56)cc4)cc3)cc2)cc1.c1ccc(-c2ccc(N(c3ccc(-c4cccc(-c5c6ccccc6cc6c5oc5ccc7ccccc7c56)c4)cc3)c3ccc(-c4cccc(-c5cccc6c5sc5ccccc56)c4)cc3)cc2)cc1. The van der Waals surface area contributed by atoms with E-state index in [4.69, 9.17) is 8.83 Å². The van der Waals surface area contributed by atoms with Crippen LogP contribution in [-0.2, 0) is 0 Å². The van der Waals surface area contributed by atoms with E-state index in [1.54, 1.807) is 0 Å². The Bertz CT molecular complexity index is 9730. The smallest absolute Gasteiger partial charge is 0.143 e. The number of benzene rings is 24. The second kappa shape index (κ2) is 35.2. The first kappa shape index (κ1) is 83.3. The highest BCUT2D eigenvalue weighted by Crippen LogP contribution is 2.51. The van der Waals surface area contributed by atoms with Crippen LogP contribution in [0, 0.1) is 0 Å². The van der Waals surface area contributed by atoms with E-state index in [1.807, 2.05) is 28.7 Å². The average molecular weight is 1840 g/mol. The van der Waals surface area contributed by atoms with Crippen LogP contribution in [0.15, 0.2) is 531 Å². The fourth-order valence-electron chi connectivity index (χ4n) is 21.6. The van der Waals surface area contributed by atoms with Crippen molar-refractivity contribution in [2.45, 2.75) is 0 Å². The Labute approximate surface area is 829 Å². The lowest BCUT2D eigenvalue weighted by molar-refractivity contribution is 0.670. The maximum absolute atomic E-state index is 6.83. The van der Waals surface area contributed by atoms with E-state index in [0.717, 1.165) is 123 Å². The van der Waals surface area contributed by atoms with E-state index in [2.05, 4.69) is 525 Å². The number of furan rings is 2. The minimum atomic E-state index is 0.905. The summed E-state index contributed by atoms with van der Waals surface area (Å²) in [6, 6.07) is 189. The summed E-state index contributed by atoms with van der Waals surface area (Å²) in [6.45, 7) is 0. The first-order valence-corrected chi connectivity index (χ1v) is 50.1. The van der Waals surface area contributed by atoms with Gasteiger partial charge >= 0.3 is 0 Å². The van der Waals surface area contributed by atoms with Crippen LogP contribution < -0.4 is 9.80 Å². The Morgan fingerprint density at radius 2 is 0.479 bits per heavy atom. The molecule has 28 rings (SSSR count). The zero-order valence-corrected chi connectivity index (χ0v) is 78.8. The van der Waals surface area contributed by atoms with Crippen molar-refractivity contribution in [1.29, 1.82) is 0 Å². The molecule has 0 unspecified atom stereocenters. The Kier molecular flexibility index (Phi) is 20.7. The van der Waals surface area contributed by atoms with E-state index in [1.165, 1.54) is 150 Å². The van der Waals surface area contributed by atoms with Gasteiger partial charge in [-0.3, -0.25) is 0 Å². The molecule has 0 atom stereocenters. The molecule has 6 heteroatoms. The van der Waals surface area contributed by atoms with E-state index >= 15 is 0 Å². The van der Waals surface area contributed by atoms with Crippen LogP contribution in [0.1, 0.15) is 0 Å². The van der Waals surface area contributed by atoms with Crippen LogP contribution in [0.5, 0.6) is 0 Å². The quantitative estimate of drug-likeness (QED) is 0.0965. The van der Waals surface area contributed by atoms with Crippen molar-refractivity contribution in [2.75, 3.05) is 9.80 Å². The third kappa shape index (κ3) is 14.9. The van der Waals surface area contributed by atoms with Gasteiger partial charge in [-0.1, -0.05) is 400 Å². The Hall–Kier alpha value is -18.0. The Balaban J connectivity index is 0.000000142. The first-order chi connectivity index (χ1) is 70.4. The van der Waals surface area contributed by atoms with E-state index in [9.17, 15) is 0 Å². The van der Waals surface area contributed by atoms with Gasteiger partial charge in [-0.25, -0.2) is 0 Å². The second-order valence-electron chi connectivity index (χ2n) is 36.8. The van der Waals surface area contributed by atoms with Gasteiger partial charge in [0.05, 0.1) is 0 Å². The van der Waals surface area contributed by atoms with Crippen LogP contribution in [0.4, 0.5) is 34.1 Å². The van der Waals surface area contributed by atoms with Gasteiger partial charge in [-0.05, 0) is 265 Å². The van der Waals surface area contributed by atoms with Gasteiger partial charge in [0.2, 0.25) is 0 Å². The molecule has 142 heavy (non-hydrogen) atoms. The normalized spacial score (nSPS) is 11.7. The molecule has 4 aromatic heterocycles. The highest BCUT2D eigenvalue weighted by atomic mass is 32.1. The molecule has 28 aromatic rings. The van der Waals surface area contributed by atoms with Crippen molar-refractivity contribution in [3.05, 3.63) is 522 Å². The monoisotopic (exact) mass is 1840 g/mol. The summed E-state index contributed by atoms with van der Waals surface area (Å²) in [5, 5.41) is 19.7. The number of rotatable bonds is 16. The molecule has 0 spiro atoms. The summed E-state index contributed by atoms with van der Waals surface area (Å²) < 4.78 is 18.7. The lowest BCUT2D eigenvalue weighted by Gasteiger charge is -2.26. The van der Waals surface area contributed by atoms with Gasteiger partial charge in [0.25, 0.3) is 0 Å². The molecule has 0 amide bonds. The number of para-hydroxylation sites is 1. The molecule has 0 saturated carbocycles. The Morgan fingerprint density at radius 1 is 0.155 bits per heavy atom. The standard InChI is InChI=1S/2C68H43NOS/c1-2-13-44(14-3-1)45-27-34-54(35-28-45)69(55-36-29-46(30-37-55)49-17-10-19-51(41-49)59-24-12-25-61-60-23-8-9-26-64(60)71-68(59)61)56-38-31-47(32-39-56)50-18-11-20-53(42-50)65-58-22-7-5-16-52(58)43-62-66-57-21-6-4-15-48(57)33-40-63(66)70-67(62)65;1-2-11-44(12-3-1)47-29-36-54(37-30-47)69(55-38-31-48(32-39-55)45-21-25-51(26-22-45)59-18-10-19-61-66-57-15-6-4-13-50(57)35-42-64(66)71-68(59)61)56-40-33-49(34-41-56)46-23-27-52(28-24-46)65-58-16-7-5-14-53(58)43-62-60-17-8-9-20-63(60)70-67(62)65/h2*1-43H. The summed E-state index contributed by atoms with van der Waals surface area (Å²) >= 11 is 3.77. The molecule has 0 N–H and O–H groups in total. The molecule has 0 aliphatic heterocycles. The molecular formula is C136H86N2O2S2. The van der Waals surface area contributed by atoms with Gasteiger partial charge in [0.15, 0.2) is 0 Å². The van der Waals surface area contributed by atoms with Gasteiger partial charge in [0, 0.05) is 107 Å². The van der Waals surface area contributed by atoms with E-state index < -0.39 is 0 Å². The van der Waals surface area contributed by atoms with Gasteiger partial charge in [0.1, 0.15) is 22.3 Å². The summed E-state index contributed by atoms with van der Waals surface area (Å²) in [7, 11) is 0. The number of thiophene rings is 2.